The van der Waals surface area contributed by atoms with Gasteiger partial charge in [-0.25, -0.2) is 0 Å². The summed E-state index contributed by atoms with van der Waals surface area (Å²) in [5.41, 5.74) is 1.52. The molecule has 1 rings (SSSR count). The molecule has 0 saturated carbocycles. The molecule has 0 aliphatic heterocycles. The number of likely N-dealkylation sites (N-methyl/N-ethyl adjacent to an activating group) is 1. The van der Waals surface area contributed by atoms with Gasteiger partial charge in [0, 0.05) is 18.2 Å². The first-order valence-corrected chi connectivity index (χ1v) is 6.88. The highest BCUT2D eigenvalue weighted by Gasteiger charge is 2.09. The summed E-state index contributed by atoms with van der Waals surface area (Å²) in [7, 11) is 1.72. The Kier molecular flexibility index (Phi) is 9.41. The van der Waals surface area contributed by atoms with Gasteiger partial charge in [-0.05, 0) is 38.1 Å². The summed E-state index contributed by atoms with van der Waals surface area (Å²) in [4.78, 5) is 23.4. The van der Waals surface area contributed by atoms with Crippen LogP contribution in [0.2, 0.25) is 0 Å². The Hall–Kier alpha value is -1.59. The van der Waals surface area contributed by atoms with E-state index < -0.39 is 0 Å². The third-order valence-corrected chi connectivity index (χ3v) is 3.01. The Morgan fingerprint density at radius 1 is 1.29 bits per heavy atom. The Morgan fingerprint density at radius 2 is 2.00 bits per heavy atom. The normalized spacial score (nSPS) is 11.2. The van der Waals surface area contributed by atoms with Crippen molar-refractivity contribution in [3.8, 4) is 0 Å². The van der Waals surface area contributed by atoms with Crippen LogP contribution in [0.15, 0.2) is 24.3 Å². The molecule has 0 fully saturated rings. The van der Waals surface area contributed by atoms with Crippen molar-refractivity contribution in [3.05, 3.63) is 35.4 Å². The molecule has 5 nitrogen and oxygen atoms in total. The SMILES string of the molecule is CCC(C)NC(=O)c1cccc(CNC(=O)CNC)c1.Cl. The molecule has 3 N–H and O–H groups in total. The molecule has 1 unspecified atom stereocenters. The summed E-state index contributed by atoms with van der Waals surface area (Å²) in [6.45, 7) is 4.71. The van der Waals surface area contributed by atoms with E-state index in [1.807, 2.05) is 26.0 Å². The van der Waals surface area contributed by atoms with Gasteiger partial charge in [-0.3, -0.25) is 9.59 Å². The van der Waals surface area contributed by atoms with Crippen LogP contribution in [0.1, 0.15) is 36.2 Å². The second-order valence-corrected chi connectivity index (χ2v) is 4.79. The number of carbonyl (C=O) groups excluding carboxylic acids is 2. The van der Waals surface area contributed by atoms with Gasteiger partial charge >= 0.3 is 0 Å². The Morgan fingerprint density at radius 3 is 2.62 bits per heavy atom. The van der Waals surface area contributed by atoms with Crippen molar-refractivity contribution in [2.45, 2.75) is 32.9 Å². The average molecular weight is 314 g/mol. The maximum absolute atomic E-state index is 12.0. The average Bonchev–Trinajstić information content (AvgIpc) is 2.45. The molecule has 6 heteroatoms. The second-order valence-electron chi connectivity index (χ2n) is 4.79. The number of amides is 2. The molecule has 0 aromatic heterocycles. The van der Waals surface area contributed by atoms with E-state index in [9.17, 15) is 9.59 Å². The van der Waals surface area contributed by atoms with Crippen LogP contribution in [-0.2, 0) is 11.3 Å². The summed E-state index contributed by atoms with van der Waals surface area (Å²) in [5.74, 6) is -0.148. The van der Waals surface area contributed by atoms with Crippen molar-refractivity contribution in [1.29, 1.82) is 0 Å². The Labute approximate surface area is 132 Å². The van der Waals surface area contributed by atoms with Crippen LogP contribution >= 0.6 is 12.4 Å². The van der Waals surface area contributed by atoms with Crippen LogP contribution in [-0.4, -0.2) is 31.4 Å². The number of carbonyl (C=O) groups is 2. The van der Waals surface area contributed by atoms with Crippen LogP contribution in [0.25, 0.3) is 0 Å². The number of hydrogen-bond donors (Lipinski definition) is 3. The predicted octanol–water partition coefficient (Wildman–Crippen LogP) is 1.47. The topological polar surface area (TPSA) is 70.2 Å². The summed E-state index contributed by atoms with van der Waals surface area (Å²) in [6.07, 6.45) is 0.894. The van der Waals surface area contributed by atoms with E-state index in [-0.39, 0.29) is 36.8 Å². The fraction of sp³-hybridized carbons (Fsp3) is 0.467. The number of hydrogen-bond acceptors (Lipinski definition) is 3. The molecule has 0 radical (unpaired) electrons. The fourth-order valence-electron chi connectivity index (χ4n) is 1.66. The van der Waals surface area contributed by atoms with E-state index in [0.29, 0.717) is 12.1 Å². The minimum Gasteiger partial charge on any atom is -0.351 e. The molecule has 0 heterocycles. The van der Waals surface area contributed by atoms with Crippen molar-refractivity contribution in [1.82, 2.24) is 16.0 Å². The summed E-state index contributed by atoms with van der Waals surface area (Å²) >= 11 is 0. The largest absolute Gasteiger partial charge is 0.351 e. The van der Waals surface area contributed by atoms with Crippen molar-refractivity contribution >= 4 is 24.2 Å². The van der Waals surface area contributed by atoms with Gasteiger partial charge in [-0.15, -0.1) is 12.4 Å². The molecule has 2 amide bonds. The van der Waals surface area contributed by atoms with Gasteiger partial charge in [0.1, 0.15) is 0 Å². The van der Waals surface area contributed by atoms with Crippen molar-refractivity contribution in [2.75, 3.05) is 13.6 Å². The van der Waals surface area contributed by atoms with Gasteiger partial charge < -0.3 is 16.0 Å². The number of nitrogens with one attached hydrogen (secondary N) is 3. The van der Waals surface area contributed by atoms with Gasteiger partial charge in [0.15, 0.2) is 0 Å². The van der Waals surface area contributed by atoms with Crippen LogP contribution in [0.4, 0.5) is 0 Å². The lowest BCUT2D eigenvalue weighted by molar-refractivity contribution is -0.120. The molecule has 1 atom stereocenters. The highest BCUT2D eigenvalue weighted by Crippen LogP contribution is 2.06. The number of rotatable bonds is 7. The summed E-state index contributed by atoms with van der Waals surface area (Å²) in [5, 5.41) is 8.49. The lowest BCUT2D eigenvalue weighted by Gasteiger charge is -2.12. The standard InChI is InChI=1S/C15H23N3O2.ClH/c1-4-11(2)18-15(20)13-7-5-6-12(8-13)9-17-14(19)10-16-3;/h5-8,11,16H,4,9-10H2,1-3H3,(H,17,19)(H,18,20);1H. The first-order valence-electron chi connectivity index (χ1n) is 6.88. The molecule has 0 aliphatic rings. The van der Waals surface area contributed by atoms with Gasteiger partial charge in [-0.2, -0.15) is 0 Å². The molecule has 0 bridgehead atoms. The van der Waals surface area contributed by atoms with Crippen LogP contribution < -0.4 is 16.0 Å². The number of halogens is 1. The zero-order chi connectivity index (χ0) is 15.0. The molecular formula is C15H24ClN3O2. The number of benzene rings is 1. The lowest BCUT2D eigenvalue weighted by Crippen LogP contribution is -2.32. The van der Waals surface area contributed by atoms with Crippen molar-refractivity contribution in [3.63, 3.8) is 0 Å². The third-order valence-electron chi connectivity index (χ3n) is 3.01. The van der Waals surface area contributed by atoms with Crippen LogP contribution in [0.3, 0.4) is 0 Å². The maximum Gasteiger partial charge on any atom is 0.251 e. The van der Waals surface area contributed by atoms with Gasteiger partial charge in [0.25, 0.3) is 5.91 Å². The van der Waals surface area contributed by atoms with Gasteiger partial charge in [0.05, 0.1) is 6.54 Å². The first-order chi connectivity index (χ1) is 9.56. The van der Waals surface area contributed by atoms with Crippen LogP contribution in [0, 0.1) is 0 Å². The molecule has 1 aromatic carbocycles. The zero-order valence-electron chi connectivity index (χ0n) is 12.7. The molecule has 118 valence electrons. The van der Waals surface area contributed by atoms with Gasteiger partial charge in [-0.1, -0.05) is 19.1 Å². The molecule has 0 spiro atoms. The van der Waals surface area contributed by atoms with E-state index >= 15 is 0 Å². The minimum absolute atomic E-state index is 0. The summed E-state index contributed by atoms with van der Waals surface area (Å²) < 4.78 is 0. The molecule has 0 saturated heterocycles. The predicted molar refractivity (Wildman–Crippen MR) is 86.7 cm³/mol. The van der Waals surface area contributed by atoms with Crippen molar-refractivity contribution in [2.24, 2.45) is 0 Å². The lowest BCUT2D eigenvalue weighted by atomic mass is 10.1. The smallest absolute Gasteiger partial charge is 0.251 e. The Balaban J connectivity index is 0.00000400. The Bertz CT molecular complexity index is 466. The summed E-state index contributed by atoms with van der Waals surface area (Å²) in [6, 6.07) is 7.44. The molecular weight excluding hydrogens is 290 g/mol. The van der Waals surface area contributed by atoms with Crippen molar-refractivity contribution < 1.29 is 9.59 Å². The highest BCUT2D eigenvalue weighted by atomic mass is 35.5. The zero-order valence-corrected chi connectivity index (χ0v) is 13.5. The highest BCUT2D eigenvalue weighted by molar-refractivity contribution is 5.94. The van der Waals surface area contributed by atoms with E-state index in [1.165, 1.54) is 0 Å². The van der Waals surface area contributed by atoms with E-state index in [4.69, 9.17) is 0 Å². The quantitative estimate of drug-likeness (QED) is 0.714. The minimum atomic E-state index is -0.0808. The van der Waals surface area contributed by atoms with Crippen LogP contribution in [0.5, 0.6) is 0 Å². The second kappa shape index (κ2) is 10.2. The molecule has 1 aromatic rings. The monoisotopic (exact) mass is 313 g/mol. The van der Waals surface area contributed by atoms with Gasteiger partial charge in [0.2, 0.25) is 5.91 Å². The molecule has 0 aliphatic carbocycles. The first kappa shape index (κ1) is 19.4. The molecule has 21 heavy (non-hydrogen) atoms. The third kappa shape index (κ3) is 7.11. The fourth-order valence-corrected chi connectivity index (χ4v) is 1.66. The van der Waals surface area contributed by atoms with E-state index in [0.717, 1.165) is 12.0 Å². The maximum atomic E-state index is 12.0. The van der Waals surface area contributed by atoms with E-state index in [1.54, 1.807) is 19.2 Å². The van der Waals surface area contributed by atoms with E-state index in [2.05, 4.69) is 16.0 Å².